The molecule has 3 aliphatic rings. The topological polar surface area (TPSA) is 26.3 Å². The number of carbonyl (C=O) groups excluding carboxylic acids is 1. The minimum Gasteiger partial charge on any atom is -0.423 e. The van der Waals surface area contributed by atoms with E-state index in [-0.39, 0.29) is 17.6 Å². The molecule has 0 N–H and O–H groups in total. The maximum Gasteiger partial charge on any atom is 0.314 e. The van der Waals surface area contributed by atoms with Crippen LogP contribution in [-0.4, -0.2) is 5.97 Å². The maximum atomic E-state index is 14.9. The van der Waals surface area contributed by atoms with E-state index in [2.05, 4.69) is 13.8 Å². The first-order valence-electron chi connectivity index (χ1n) is 13.7. The zero-order valence-electron chi connectivity index (χ0n) is 20.6. The molecule has 0 heterocycles. The summed E-state index contributed by atoms with van der Waals surface area (Å²) in [6.07, 6.45) is 15.4. The highest BCUT2D eigenvalue weighted by Crippen LogP contribution is 2.42. The maximum absolute atomic E-state index is 14.9. The van der Waals surface area contributed by atoms with Crippen LogP contribution >= 0.6 is 0 Å². The van der Waals surface area contributed by atoms with E-state index in [4.69, 9.17) is 4.74 Å². The Kier molecular flexibility index (Phi) is 8.46. The minimum absolute atomic E-state index is 0.0652. The Balaban J connectivity index is 1.30. The number of ether oxygens (including phenoxy) is 1. The molecular formula is C29H42F2O2. The van der Waals surface area contributed by atoms with Crippen LogP contribution in [0.1, 0.15) is 115 Å². The first-order chi connectivity index (χ1) is 16.0. The van der Waals surface area contributed by atoms with Crippen LogP contribution in [0.4, 0.5) is 8.78 Å². The molecule has 4 heteroatoms. The van der Waals surface area contributed by atoms with Crippen molar-refractivity contribution in [3.05, 3.63) is 29.3 Å². The van der Waals surface area contributed by atoms with Crippen LogP contribution in [0.15, 0.2) is 12.1 Å². The number of rotatable bonds is 6. The second kappa shape index (κ2) is 11.3. The Morgan fingerprint density at radius 2 is 1.45 bits per heavy atom. The molecule has 4 rings (SSSR count). The number of hydrogen-bond donors (Lipinski definition) is 0. The molecule has 1 aromatic carbocycles. The number of benzene rings is 1. The van der Waals surface area contributed by atoms with Gasteiger partial charge in [0.1, 0.15) is 0 Å². The average Bonchev–Trinajstić information content (AvgIpc) is 2.84. The number of hydrogen-bond acceptors (Lipinski definition) is 2. The quantitative estimate of drug-likeness (QED) is 0.314. The van der Waals surface area contributed by atoms with E-state index < -0.39 is 17.6 Å². The summed E-state index contributed by atoms with van der Waals surface area (Å²) in [5, 5.41) is 0. The molecule has 3 saturated carbocycles. The van der Waals surface area contributed by atoms with Gasteiger partial charge in [-0.1, -0.05) is 45.6 Å². The first-order valence-corrected chi connectivity index (χ1v) is 13.7. The van der Waals surface area contributed by atoms with Gasteiger partial charge in [-0.25, -0.2) is 4.39 Å². The van der Waals surface area contributed by atoms with E-state index in [1.54, 1.807) is 6.07 Å². The molecule has 184 valence electrons. The zero-order chi connectivity index (χ0) is 23.4. The van der Waals surface area contributed by atoms with Gasteiger partial charge in [-0.05, 0) is 105 Å². The lowest BCUT2D eigenvalue weighted by Gasteiger charge is -2.36. The molecular weight excluding hydrogens is 418 g/mol. The van der Waals surface area contributed by atoms with Crippen LogP contribution < -0.4 is 4.74 Å². The van der Waals surface area contributed by atoms with Crippen molar-refractivity contribution in [2.75, 3.05) is 0 Å². The van der Waals surface area contributed by atoms with Gasteiger partial charge in [0.15, 0.2) is 11.6 Å². The molecule has 0 spiro atoms. The van der Waals surface area contributed by atoms with Gasteiger partial charge >= 0.3 is 5.97 Å². The lowest BCUT2D eigenvalue weighted by molar-refractivity contribution is -0.140. The summed E-state index contributed by atoms with van der Waals surface area (Å²) in [6, 6.07) is 3.12. The van der Waals surface area contributed by atoms with Crippen LogP contribution in [0, 0.1) is 41.2 Å². The molecule has 1 aromatic rings. The molecule has 0 saturated heterocycles. The molecule has 0 radical (unpaired) electrons. The SMILES string of the molecule is CCCC1CCC(c2ccc(OC(=O)C3CCC(C4CCC(C)CC4)CC3)c(F)c2F)CC1. The van der Waals surface area contributed by atoms with Crippen molar-refractivity contribution in [3.8, 4) is 5.75 Å². The van der Waals surface area contributed by atoms with E-state index in [0.717, 1.165) is 69.1 Å². The molecule has 3 fully saturated rings. The third kappa shape index (κ3) is 5.98. The Bertz CT molecular complexity index is 783. The fourth-order valence-corrected chi connectivity index (χ4v) is 6.89. The van der Waals surface area contributed by atoms with E-state index in [0.29, 0.717) is 11.5 Å². The number of halogens is 2. The van der Waals surface area contributed by atoms with Gasteiger partial charge in [0.25, 0.3) is 0 Å². The fraction of sp³-hybridized carbons (Fsp3) is 0.759. The van der Waals surface area contributed by atoms with E-state index in [1.807, 2.05) is 0 Å². The predicted molar refractivity (Wildman–Crippen MR) is 128 cm³/mol. The summed E-state index contributed by atoms with van der Waals surface area (Å²) < 4.78 is 35.1. The summed E-state index contributed by atoms with van der Waals surface area (Å²) >= 11 is 0. The number of carbonyl (C=O) groups is 1. The first kappa shape index (κ1) is 24.7. The lowest BCUT2D eigenvalue weighted by Crippen LogP contribution is -2.30. The highest BCUT2D eigenvalue weighted by Gasteiger charge is 2.34. The summed E-state index contributed by atoms with van der Waals surface area (Å²) in [6.45, 7) is 4.54. The Morgan fingerprint density at radius 1 is 0.848 bits per heavy atom. The highest BCUT2D eigenvalue weighted by atomic mass is 19.2. The molecule has 33 heavy (non-hydrogen) atoms. The van der Waals surface area contributed by atoms with Gasteiger partial charge in [0.2, 0.25) is 5.82 Å². The molecule has 0 amide bonds. The van der Waals surface area contributed by atoms with Crippen molar-refractivity contribution in [1.29, 1.82) is 0 Å². The van der Waals surface area contributed by atoms with Gasteiger partial charge in [-0.3, -0.25) is 4.79 Å². The normalized spacial score (nSPS) is 33.0. The zero-order valence-corrected chi connectivity index (χ0v) is 20.6. The van der Waals surface area contributed by atoms with Crippen molar-refractivity contribution in [1.82, 2.24) is 0 Å². The van der Waals surface area contributed by atoms with Gasteiger partial charge in [0.05, 0.1) is 5.92 Å². The standard InChI is InChI=1S/C29H42F2O2/c1-3-4-20-7-11-23(12-8-20)25-17-18-26(28(31)27(25)30)33-29(32)24-15-13-22(14-16-24)21-9-5-19(2)6-10-21/h17-24H,3-16H2,1-2H3. The second-order valence-electron chi connectivity index (χ2n) is 11.3. The Morgan fingerprint density at radius 3 is 2.06 bits per heavy atom. The summed E-state index contributed by atoms with van der Waals surface area (Å²) in [5.41, 5.74) is 0.449. The molecule has 0 aromatic heterocycles. The Labute approximate surface area is 198 Å². The monoisotopic (exact) mass is 460 g/mol. The van der Waals surface area contributed by atoms with Crippen molar-refractivity contribution in [2.45, 2.75) is 110 Å². The summed E-state index contributed by atoms with van der Waals surface area (Å²) in [4.78, 5) is 12.7. The Hall–Kier alpha value is -1.45. The van der Waals surface area contributed by atoms with Crippen LogP contribution in [-0.2, 0) is 4.79 Å². The van der Waals surface area contributed by atoms with Crippen LogP contribution in [0.3, 0.4) is 0 Å². The highest BCUT2D eigenvalue weighted by molar-refractivity contribution is 5.75. The predicted octanol–water partition coefficient (Wildman–Crippen LogP) is 8.58. The van der Waals surface area contributed by atoms with E-state index >= 15 is 0 Å². The van der Waals surface area contributed by atoms with Crippen molar-refractivity contribution >= 4 is 5.97 Å². The number of esters is 1. The fourth-order valence-electron chi connectivity index (χ4n) is 6.89. The molecule has 0 aliphatic heterocycles. The van der Waals surface area contributed by atoms with Gasteiger partial charge < -0.3 is 4.74 Å². The van der Waals surface area contributed by atoms with E-state index in [9.17, 15) is 13.6 Å². The van der Waals surface area contributed by atoms with E-state index in [1.165, 1.54) is 44.6 Å². The van der Waals surface area contributed by atoms with Crippen molar-refractivity contribution < 1.29 is 18.3 Å². The second-order valence-corrected chi connectivity index (χ2v) is 11.3. The molecule has 0 atom stereocenters. The third-order valence-electron chi connectivity index (χ3n) is 9.10. The minimum atomic E-state index is -0.999. The summed E-state index contributed by atoms with van der Waals surface area (Å²) in [7, 11) is 0. The van der Waals surface area contributed by atoms with Crippen molar-refractivity contribution in [2.24, 2.45) is 29.6 Å². The molecule has 3 aliphatic carbocycles. The summed E-state index contributed by atoms with van der Waals surface area (Å²) in [5.74, 6) is 0.491. The van der Waals surface area contributed by atoms with Crippen molar-refractivity contribution in [3.63, 3.8) is 0 Å². The molecule has 0 unspecified atom stereocenters. The third-order valence-corrected chi connectivity index (χ3v) is 9.10. The van der Waals surface area contributed by atoms with Gasteiger partial charge in [-0.2, -0.15) is 4.39 Å². The lowest BCUT2D eigenvalue weighted by atomic mass is 9.69. The average molecular weight is 461 g/mol. The van der Waals surface area contributed by atoms with Crippen LogP contribution in [0.5, 0.6) is 5.75 Å². The van der Waals surface area contributed by atoms with Gasteiger partial charge in [-0.15, -0.1) is 0 Å². The molecule has 2 nitrogen and oxygen atoms in total. The van der Waals surface area contributed by atoms with Crippen LogP contribution in [0.2, 0.25) is 0 Å². The smallest absolute Gasteiger partial charge is 0.314 e. The molecule has 0 bridgehead atoms. The largest absolute Gasteiger partial charge is 0.423 e. The van der Waals surface area contributed by atoms with Gasteiger partial charge in [0, 0.05) is 0 Å². The van der Waals surface area contributed by atoms with Crippen LogP contribution in [0.25, 0.3) is 0 Å².